The molecule has 0 amide bonds. The molecular weight excluding hydrogens is 276 g/mol. The quantitative estimate of drug-likeness (QED) is 0.839. The molecule has 1 aliphatic carbocycles. The molecule has 1 atom stereocenters. The third-order valence-corrected chi connectivity index (χ3v) is 5.95. The van der Waals surface area contributed by atoms with Gasteiger partial charge in [0.1, 0.15) is 4.90 Å². The molecule has 20 heavy (non-hydrogen) atoms. The zero-order valence-electron chi connectivity index (χ0n) is 12.4. The molecule has 5 nitrogen and oxygen atoms in total. The Morgan fingerprint density at radius 3 is 2.65 bits per heavy atom. The Morgan fingerprint density at radius 2 is 2.15 bits per heavy atom. The average Bonchev–Trinajstić information content (AvgIpc) is 3.16. The van der Waals surface area contributed by atoms with E-state index in [4.69, 9.17) is 0 Å². The van der Waals surface area contributed by atoms with Gasteiger partial charge in [-0.05, 0) is 32.3 Å². The molecule has 1 aromatic rings. The highest BCUT2D eigenvalue weighted by Crippen LogP contribution is 2.37. The fourth-order valence-electron chi connectivity index (χ4n) is 2.46. The van der Waals surface area contributed by atoms with E-state index < -0.39 is 10.0 Å². The van der Waals surface area contributed by atoms with Crippen LogP contribution in [0.2, 0.25) is 0 Å². The SMILES string of the molecule is CCCC(C)N(C)S(=O)(=O)c1cc(CO)n(C2CC2)c1. The molecule has 0 spiro atoms. The summed E-state index contributed by atoms with van der Waals surface area (Å²) in [5, 5.41) is 9.38. The van der Waals surface area contributed by atoms with Crippen LogP contribution in [0.25, 0.3) is 0 Å². The first kappa shape index (κ1) is 15.5. The Bertz CT molecular complexity index is 561. The second-order valence-corrected chi connectivity index (χ2v) is 7.62. The van der Waals surface area contributed by atoms with Crippen LogP contribution >= 0.6 is 0 Å². The summed E-state index contributed by atoms with van der Waals surface area (Å²) in [5.74, 6) is 0. The number of aliphatic hydroxyl groups is 1. The minimum Gasteiger partial charge on any atom is -0.390 e. The van der Waals surface area contributed by atoms with Crippen molar-refractivity contribution in [3.8, 4) is 0 Å². The van der Waals surface area contributed by atoms with E-state index in [0.29, 0.717) is 16.6 Å². The molecule has 1 aromatic heterocycles. The molecule has 0 aromatic carbocycles. The van der Waals surface area contributed by atoms with E-state index in [1.165, 1.54) is 4.31 Å². The van der Waals surface area contributed by atoms with Gasteiger partial charge in [-0.15, -0.1) is 0 Å². The largest absolute Gasteiger partial charge is 0.390 e. The van der Waals surface area contributed by atoms with Crippen molar-refractivity contribution in [3.05, 3.63) is 18.0 Å². The van der Waals surface area contributed by atoms with Crippen molar-refractivity contribution in [1.29, 1.82) is 0 Å². The number of rotatable bonds is 7. The molecule has 6 heteroatoms. The van der Waals surface area contributed by atoms with Gasteiger partial charge < -0.3 is 9.67 Å². The minimum atomic E-state index is -3.48. The van der Waals surface area contributed by atoms with E-state index in [1.54, 1.807) is 19.3 Å². The molecule has 0 radical (unpaired) electrons. The Morgan fingerprint density at radius 1 is 1.50 bits per heavy atom. The molecule has 1 aliphatic rings. The number of aliphatic hydroxyl groups excluding tert-OH is 1. The number of sulfonamides is 1. The summed E-state index contributed by atoms with van der Waals surface area (Å²) < 4.78 is 28.6. The Hall–Kier alpha value is -0.850. The number of aromatic nitrogens is 1. The van der Waals surface area contributed by atoms with Crippen molar-refractivity contribution in [3.63, 3.8) is 0 Å². The molecule has 1 unspecified atom stereocenters. The Labute approximate surface area is 121 Å². The van der Waals surface area contributed by atoms with Crippen molar-refractivity contribution in [1.82, 2.24) is 8.87 Å². The van der Waals surface area contributed by atoms with E-state index >= 15 is 0 Å². The van der Waals surface area contributed by atoms with E-state index in [-0.39, 0.29) is 12.6 Å². The van der Waals surface area contributed by atoms with Crippen LogP contribution in [0, 0.1) is 0 Å². The summed E-state index contributed by atoms with van der Waals surface area (Å²) in [6.45, 7) is 3.84. The van der Waals surface area contributed by atoms with Crippen molar-refractivity contribution in [2.75, 3.05) is 7.05 Å². The van der Waals surface area contributed by atoms with Crippen molar-refractivity contribution < 1.29 is 13.5 Å². The highest BCUT2D eigenvalue weighted by molar-refractivity contribution is 7.89. The molecule has 0 bridgehead atoms. The van der Waals surface area contributed by atoms with Gasteiger partial charge in [-0.25, -0.2) is 8.42 Å². The van der Waals surface area contributed by atoms with Crippen LogP contribution in [0.4, 0.5) is 0 Å². The van der Waals surface area contributed by atoms with Crippen LogP contribution in [-0.4, -0.2) is 35.5 Å². The lowest BCUT2D eigenvalue weighted by Gasteiger charge is -2.23. The van der Waals surface area contributed by atoms with Gasteiger partial charge >= 0.3 is 0 Å². The standard InChI is InChI=1S/C14H24N2O3S/c1-4-5-11(2)15(3)20(18,19)14-8-13(10-17)16(9-14)12-6-7-12/h8-9,11-12,17H,4-7,10H2,1-3H3. The fraction of sp³-hybridized carbons (Fsp3) is 0.714. The van der Waals surface area contributed by atoms with Crippen LogP contribution in [0.3, 0.4) is 0 Å². The first-order valence-corrected chi connectivity index (χ1v) is 8.65. The zero-order valence-corrected chi connectivity index (χ0v) is 13.2. The summed E-state index contributed by atoms with van der Waals surface area (Å²) in [5.41, 5.74) is 0.683. The van der Waals surface area contributed by atoms with E-state index in [2.05, 4.69) is 0 Å². The Balaban J connectivity index is 2.29. The lowest BCUT2D eigenvalue weighted by Crippen LogP contribution is -2.34. The Kier molecular flexibility index (Phi) is 4.56. The van der Waals surface area contributed by atoms with Gasteiger partial charge in [-0.2, -0.15) is 4.31 Å². The highest BCUT2D eigenvalue weighted by Gasteiger charge is 2.30. The first-order valence-electron chi connectivity index (χ1n) is 7.21. The smallest absolute Gasteiger partial charge is 0.244 e. The molecule has 1 heterocycles. The predicted molar refractivity (Wildman–Crippen MR) is 77.9 cm³/mol. The summed E-state index contributed by atoms with van der Waals surface area (Å²) in [6.07, 6.45) is 5.58. The maximum absolute atomic E-state index is 12.6. The van der Waals surface area contributed by atoms with Gasteiger partial charge in [0.15, 0.2) is 0 Å². The molecule has 0 aliphatic heterocycles. The summed E-state index contributed by atoms with van der Waals surface area (Å²) >= 11 is 0. The van der Waals surface area contributed by atoms with Gasteiger partial charge in [0.25, 0.3) is 0 Å². The molecule has 1 fully saturated rings. The monoisotopic (exact) mass is 300 g/mol. The summed E-state index contributed by atoms with van der Waals surface area (Å²) in [6, 6.07) is 1.94. The van der Waals surface area contributed by atoms with Crippen LogP contribution < -0.4 is 0 Å². The topological polar surface area (TPSA) is 62.5 Å². The fourth-order valence-corrected chi connectivity index (χ4v) is 3.90. The molecular formula is C14H24N2O3S. The third-order valence-electron chi connectivity index (χ3n) is 4.01. The summed E-state index contributed by atoms with van der Waals surface area (Å²) in [4.78, 5) is 0.291. The van der Waals surface area contributed by atoms with Crippen molar-refractivity contribution in [2.24, 2.45) is 0 Å². The van der Waals surface area contributed by atoms with E-state index in [1.807, 2.05) is 18.4 Å². The van der Waals surface area contributed by atoms with Crippen LogP contribution in [0.5, 0.6) is 0 Å². The second kappa shape index (κ2) is 5.87. The highest BCUT2D eigenvalue weighted by atomic mass is 32.2. The molecule has 114 valence electrons. The predicted octanol–water partition coefficient (Wildman–Crippen LogP) is 2.12. The molecule has 1 N–H and O–H groups in total. The van der Waals surface area contributed by atoms with Gasteiger partial charge in [0.05, 0.1) is 6.61 Å². The average molecular weight is 300 g/mol. The van der Waals surface area contributed by atoms with Gasteiger partial charge in [-0.1, -0.05) is 13.3 Å². The number of nitrogens with zero attached hydrogens (tertiary/aromatic N) is 2. The van der Waals surface area contributed by atoms with Crippen molar-refractivity contribution >= 4 is 10.0 Å². The maximum Gasteiger partial charge on any atom is 0.244 e. The normalized spacial score (nSPS) is 17.6. The second-order valence-electron chi connectivity index (χ2n) is 5.62. The lowest BCUT2D eigenvalue weighted by molar-refractivity contribution is 0.270. The minimum absolute atomic E-state index is 0.0214. The van der Waals surface area contributed by atoms with Crippen LogP contribution in [0.1, 0.15) is 51.3 Å². The first-order chi connectivity index (χ1) is 9.41. The zero-order chi connectivity index (χ0) is 14.9. The molecule has 2 rings (SSSR count). The third kappa shape index (κ3) is 2.92. The van der Waals surface area contributed by atoms with Gasteiger partial charge in [0.2, 0.25) is 10.0 Å². The molecule has 0 saturated heterocycles. The van der Waals surface area contributed by atoms with Crippen molar-refractivity contribution in [2.45, 2.75) is 63.1 Å². The number of hydrogen-bond donors (Lipinski definition) is 1. The van der Waals surface area contributed by atoms with E-state index in [9.17, 15) is 13.5 Å². The van der Waals surface area contributed by atoms with E-state index in [0.717, 1.165) is 25.7 Å². The number of hydrogen-bond acceptors (Lipinski definition) is 3. The van der Waals surface area contributed by atoms with Crippen LogP contribution in [0.15, 0.2) is 17.2 Å². The molecule has 1 saturated carbocycles. The van der Waals surface area contributed by atoms with Crippen LogP contribution in [-0.2, 0) is 16.6 Å². The summed E-state index contributed by atoms with van der Waals surface area (Å²) in [7, 11) is -1.85. The lowest BCUT2D eigenvalue weighted by atomic mass is 10.2. The maximum atomic E-state index is 12.6. The van der Waals surface area contributed by atoms with Gasteiger partial charge in [-0.3, -0.25) is 0 Å². The van der Waals surface area contributed by atoms with Gasteiger partial charge in [0, 0.05) is 31.0 Å².